The van der Waals surface area contributed by atoms with Crippen molar-refractivity contribution in [3.05, 3.63) is 66.6 Å². The molecule has 1 atom stereocenters. The molecule has 0 spiro atoms. The van der Waals surface area contributed by atoms with Crippen LogP contribution in [0.25, 0.3) is 33.4 Å². The number of halogens is 2. The lowest BCUT2D eigenvalue weighted by Crippen LogP contribution is -2.27. The van der Waals surface area contributed by atoms with Gasteiger partial charge in [0.2, 0.25) is 11.8 Å². The number of rotatable bonds is 3. The number of carbonyl (C=O) groups is 1. The SMILES string of the molecule is C=CC(=O)N1CC[C@H](n2nc(C#Cc3c(F)cc4c(ncn4C)c3F)c3c(N)ncc(-c4ncco4)c32)C1. The molecule has 38 heavy (non-hydrogen) atoms. The minimum atomic E-state index is -0.863. The van der Waals surface area contributed by atoms with Crippen LogP contribution in [0.5, 0.6) is 0 Å². The van der Waals surface area contributed by atoms with Crippen LogP contribution < -0.4 is 5.73 Å². The smallest absolute Gasteiger partial charge is 0.246 e. The second kappa shape index (κ2) is 8.81. The second-order valence-electron chi connectivity index (χ2n) is 8.86. The van der Waals surface area contributed by atoms with E-state index in [9.17, 15) is 9.18 Å². The van der Waals surface area contributed by atoms with Crippen molar-refractivity contribution in [1.29, 1.82) is 0 Å². The van der Waals surface area contributed by atoms with Gasteiger partial charge in [0.05, 0.1) is 46.1 Å². The van der Waals surface area contributed by atoms with E-state index in [1.165, 1.54) is 41.7 Å². The van der Waals surface area contributed by atoms with E-state index >= 15 is 4.39 Å². The van der Waals surface area contributed by atoms with Gasteiger partial charge in [-0.15, -0.1) is 0 Å². The second-order valence-corrected chi connectivity index (χ2v) is 8.86. The first-order valence-corrected chi connectivity index (χ1v) is 11.7. The molecule has 1 aliphatic rings. The normalized spacial score (nSPS) is 15.2. The molecule has 190 valence electrons. The lowest BCUT2D eigenvalue weighted by molar-refractivity contribution is -0.125. The number of benzene rings is 1. The maximum absolute atomic E-state index is 15.1. The van der Waals surface area contributed by atoms with Gasteiger partial charge in [0, 0.05) is 32.4 Å². The largest absolute Gasteiger partial charge is 0.444 e. The summed E-state index contributed by atoms with van der Waals surface area (Å²) in [6, 6.07) is 0.956. The summed E-state index contributed by atoms with van der Waals surface area (Å²) in [5, 5.41) is 5.08. The third kappa shape index (κ3) is 3.59. The molecule has 1 fully saturated rings. The summed E-state index contributed by atoms with van der Waals surface area (Å²) in [7, 11) is 1.65. The number of hydrogen-bond acceptors (Lipinski definition) is 7. The highest BCUT2D eigenvalue weighted by Gasteiger charge is 2.31. The Kier molecular flexibility index (Phi) is 5.41. The van der Waals surface area contributed by atoms with Gasteiger partial charge in [-0.2, -0.15) is 5.10 Å². The minimum absolute atomic E-state index is 0.0129. The van der Waals surface area contributed by atoms with Gasteiger partial charge in [0.25, 0.3) is 0 Å². The highest BCUT2D eigenvalue weighted by atomic mass is 19.1. The third-order valence-corrected chi connectivity index (χ3v) is 6.63. The van der Waals surface area contributed by atoms with Crippen LogP contribution in [-0.2, 0) is 11.8 Å². The number of nitrogens with zero attached hydrogens (tertiary/aromatic N) is 7. The Bertz CT molecular complexity index is 1810. The number of hydrogen-bond donors (Lipinski definition) is 1. The van der Waals surface area contributed by atoms with E-state index in [2.05, 4.69) is 38.5 Å². The van der Waals surface area contributed by atoms with Gasteiger partial charge in [-0.25, -0.2) is 23.7 Å². The monoisotopic (exact) mass is 514 g/mol. The average Bonchev–Trinajstić information content (AvgIpc) is 3.71. The molecule has 5 aromatic rings. The van der Waals surface area contributed by atoms with Crippen molar-refractivity contribution in [1.82, 2.24) is 34.2 Å². The topological polar surface area (TPSA) is 121 Å². The summed E-state index contributed by atoms with van der Waals surface area (Å²) >= 11 is 0. The molecule has 12 heteroatoms. The zero-order valence-corrected chi connectivity index (χ0v) is 20.2. The average molecular weight is 514 g/mol. The number of fused-ring (bicyclic) bond motifs is 2. The summed E-state index contributed by atoms with van der Waals surface area (Å²) in [5.74, 6) is 3.93. The summed E-state index contributed by atoms with van der Waals surface area (Å²) in [5.41, 5.74) is 7.39. The molecular formula is C26H20F2N8O2. The maximum Gasteiger partial charge on any atom is 0.246 e. The minimum Gasteiger partial charge on any atom is -0.444 e. The highest BCUT2D eigenvalue weighted by Crippen LogP contribution is 2.36. The number of oxazole rings is 1. The van der Waals surface area contributed by atoms with E-state index < -0.39 is 17.2 Å². The van der Waals surface area contributed by atoms with Gasteiger partial charge < -0.3 is 19.6 Å². The standard InChI is InChI=1S/C26H20F2N8O2/c1-3-20(37)35-8-6-14(12-35)36-24-16(26-30-7-9-38-26)11-31-25(29)21(24)18(33-36)5-4-15-17(27)10-19-23(22(15)28)32-13-34(19)2/h3,7,9-11,13-14H,1,6,8,12H2,2H3,(H2,29,31)/t14-/m0/s1. The Labute approximate surface area is 214 Å². The number of pyridine rings is 1. The zero-order chi connectivity index (χ0) is 26.6. The molecule has 2 N–H and O–H groups in total. The van der Waals surface area contributed by atoms with E-state index in [0.717, 1.165) is 0 Å². The van der Waals surface area contributed by atoms with Crippen LogP contribution >= 0.6 is 0 Å². The van der Waals surface area contributed by atoms with Crippen molar-refractivity contribution in [2.45, 2.75) is 12.5 Å². The molecule has 0 unspecified atom stereocenters. The van der Waals surface area contributed by atoms with Crippen molar-refractivity contribution in [3.63, 3.8) is 0 Å². The first-order chi connectivity index (χ1) is 18.4. The Morgan fingerprint density at radius 1 is 1.29 bits per heavy atom. The molecule has 6 rings (SSSR count). The van der Waals surface area contributed by atoms with Gasteiger partial charge in [0.1, 0.15) is 29.1 Å². The van der Waals surface area contributed by atoms with Gasteiger partial charge in [-0.05, 0) is 18.4 Å². The number of aromatic nitrogens is 6. The van der Waals surface area contributed by atoms with Gasteiger partial charge in [-0.1, -0.05) is 12.5 Å². The number of imidazole rings is 1. The number of anilines is 1. The molecule has 1 amide bonds. The first-order valence-electron chi connectivity index (χ1n) is 11.7. The van der Waals surface area contributed by atoms with Gasteiger partial charge in [-0.3, -0.25) is 9.48 Å². The number of nitrogen functional groups attached to an aromatic ring is 1. The lowest BCUT2D eigenvalue weighted by atomic mass is 10.1. The van der Waals surface area contributed by atoms with Crippen molar-refractivity contribution < 1.29 is 18.0 Å². The molecule has 1 saturated heterocycles. The summed E-state index contributed by atoms with van der Waals surface area (Å²) in [6.45, 7) is 4.44. The molecule has 0 saturated carbocycles. The quantitative estimate of drug-likeness (QED) is 0.290. The Morgan fingerprint density at radius 3 is 2.89 bits per heavy atom. The molecule has 1 aromatic carbocycles. The number of amides is 1. The fourth-order valence-electron chi connectivity index (χ4n) is 4.76. The van der Waals surface area contributed by atoms with E-state index in [1.807, 2.05) is 0 Å². The zero-order valence-electron chi connectivity index (χ0n) is 20.2. The molecule has 4 aromatic heterocycles. The van der Waals surface area contributed by atoms with E-state index in [-0.39, 0.29) is 34.9 Å². The fourth-order valence-corrected chi connectivity index (χ4v) is 4.76. The van der Waals surface area contributed by atoms with Crippen LogP contribution in [0, 0.1) is 23.5 Å². The third-order valence-electron chi connectivity index (χ3n) is 6.63. The van der Waals surface area contributed by atoms with Gasteiger partial charge in [0.15, 0.2) is 5.82 Å². The Hall–Kier alpha value is -5.05. The first kappa shape index (κ1) is 23.4. The number of aryl methyl sites for hydroxylation is 1. The maximum atomic E-state index is 15.1. The Morgan fingerprint density at radius 2 is 2.13 bits per heavy atom. The van der Waals surface area contributed by atoms with Crippen LogP contribution in [0.2, 0.25) is 0 Å². The Balaban J connectivity index is 1.54. The predicted molar refractivity (Wildman–Crippen MR) is 134 cm³/mol. The molecule has 1 aliphatic heterocycles. The summed E-state index contributed by atoms with van der Waals surface area (Å²) < 4.78 is 38.8. The molecule has 5 heterocycles. The van der Waals surface area contributed by atoms with Crippen LogP contribution in [0.15, 0.2) is 48.1 Å². The molecule has 0 aliphatic carbocycles. The van der Waals surface area contributed by atoms with Crippen LogP contribution in [0.3, 0.4) is 0 Å². The van der Waals surface area contributed by atoms with Crippen molar-refractivity contribution in [2.24, 2.45) is 7.05 Å². The van der Waals surface area contributed by atoms with E-state index in [1.54, 1.807) is 16.6 Å². The van der Waals surface area contributed by atoms with Crippen LogP contribution in [-0.4, -0.2) is 53.2 Å². The number of likely N-dealkylation sites (tertiary alicyclic amines) is 1. The molecular weight excluding hydrogens is 494 g/mol. The lowest BCUT2D eigenvalue weighted by Gasteiger charge is -2.16. The van der Waals surface area contributed by atoms with Crippen LogP contribution in [0.4, 0.5) is 14.6 Å². The summed E-state index contributed by atoms with van der Waals surface area (Å²) in [6.07, 6.45) is 7.72. The van der Waals surface area contributed by atoms with Crippen molar-refractivity contribution in [2.75, 3.05) is 18.8 Å². The highest BCUT2D eigenvalue weighted by molar-refractivity contribution is 6.01. The predicted octanol–water partition coefficient (Wildman–Crippen LogP) is 3.19. The molecule has 0 radical (unpaired) electrons. The van der Waals surface area contributed by atoms with Crippen LogP contribution in [0.1, 0.15) is 23.7 Å². The van der Waals surface area contributed by atoms with Gasteiger partial charge >= 0.3 is 0 Å². The number of carbonyl (C=O) groups excluding carboxylic acids is 1. The molecule has 0 bridgehead atoms. The van der Waals surface area contributed by atoms with Crippen molar-refractivity contribution in [3.8, 4) is 23.3 Å². The number of nitrogens with two attached hydrogens (primary N) is 1. The fraction of sp³-hybridized carbons (Fsp3) is 0.192. The molecule has 10 nitrogen and oxygen atoms in total. The van der Waals surface area contributed by atoms with E-state index in [4.69, 9.17) is 10.2 Å². The van der Waals surface area contributed by atoms with Crippen molar-refractivity contribution >= 4 is 33.7 Å². The summed E-state index contributed by atoms with van der Waals surface area (Å²) in [4.78, 5) is 26.4. The van der Waals surface area contributed by atoms with E-state index in [0.29, 0.717) is 41.5 Å².